The average Bonchev–Trinajstić information content (AvgIpc) is 2.78. The van der Waals surface area contributed by atoms with Crippen LogP contribution in [0.15, 0.2) is 71.6 Å². The van der Waals surface area contributed by atoms with E-state index >= 15 is 0 Å². The monoisotopic (exact) mass is 486 g/mol. The van der Waals surface area contributed by atoms with Gasteiger partial charge in [-0.25, -0.2) is 8.42 Å². The number of benzene rings is 3. The predicted octanol–water partition coefficient (Wildman–Crippen LogP) is 4.66. The molecule has 8 heteroatoms. The average molecular weight is 487 g/mol. The molecule has 0 spiro atoms. The molecule has 0 aliphatic rings. The van der Waals surface area contributed by atoms with Crippen molar-refractivity contribution in [3.05, 3.63) is 88.4 Å². The molecule has 3 rings (SSSR count). The van der Waals surface area contributed by atoms with Gasteiger partial charge in [-0.05, 0) is 74.4 Å². The van der Waals surface area contributed by atoms with Crippen molar-refractivity contribution < 1.29 is 17.9 Å². The van der Waals surface area contributed by atoms with Gasteiger partial charge in [0.25, 0.3) is 10.0 Å². The van der Waals surface area contributed by atoms with E-state index in [0.717, 1.165) is 21.0 Å². The second-order valence-corrected chi connectivity index (χ2v) is 9.99. The molecular weight excluding hydrogens is 460 g/mol. The fourth-order valence-corrected chi connectivity index (χ4v) is 4.82. The molecule has 6 nitrogen and oxygen atoms in total. The van der Waals surface area contributed by atoms with Crippen LogP contribution in [0.25, 0.3) is 0 Å². The number of nitrogens with zero attached hydrogens (tertiary/aromatic N) is 1. The highest BCUT2D eigenvalue weighted by atomic mass is 35.5. The number of hydrogen-bond acceptors (Lipinski definition) is 4. The van der Waals surface area contributed by atoms with Crippen LogP contribution in [0.3, 0.4) is 0 Å². The molecule has 174 valence electrons. The van der Waals surface area contributed by atoms with E-state index in [-0.39, 0.29) is 24.6 Å². The first-order valence-electron chi connectivity index (χ1n) is 10.5. The third-order valence-corrected chi connectivity index (χ3v) is 7.27. The van der Waals surface area contributed by atoms with Crippen molar-refractivity contribution in [3.8, 4) is 5.75 Å². The van der Waals surface area contributed by atoms with Crippen LogP contribution >= 0.6 is 11.6 Å². The number of aryl methyl sites for hydroxylation is 2. The van der Waals surface area contributed by atoms with Gasteiger partial charge in [0, 0.05) is 5.02 Å². The summed E-state index contributed by atoms with van der Waals surface area (Å²) in [5.41, 5.74) is 3.16. The summed E-state index contributed by atoms with van der Waals surface area (Å²) in [7, 11) is -3.95. The minimum Gasteiger partial charge on any atom is -0.492 e. The van der Waals surface area contributed by atoms with E-state index in [1.54, 1.807) is 60.7 Å². The first-order chi connectivity index (χ1) is 15.7. The summed E-state index contributed by atoms with van der Waals surface area (Å²) in [6.07, 6.45) is 0. The van der Waals surface area contributed by atoms with Crippen LogP contribution < -0.4 is 14.4 Å². The largest absolute Gasteiger partial charge is 0.492 e. The molecule has 0 aliphatic carbocycles. The molecule has 3 aromatic rings. The van der Waals surface area contributed by atoms with E-state index in [2.05, 4.69) is 5.32 Å². The maximum atomic E-state index is 13.5. The number of carbonyl (C=O) groups excluding carboxylic acids is 1. The van der Waals surface area contributed by atoms with Gasteiger partial charge in [0.2, 0.25) is 5.91 Å². The number of nitrogens with one attached hydrogen (secondary N) is 1. The summed E-state index contributed by atoms with van der Waals surface area (Å²) in [6.45, 7) is 5.76. The Morgan fingerprint density at radius 2 is 1.64 bits per heavy atom. The van der Waals surface area contributed by atoms with Gasteiger partial charge in [-0.1, -0.05) is 41.4 Å². The quantitative estimate of drug-likeness (QED) is 0.446. The zero-order chi connectivity index (χ0) is 24.0. The number of hydrogen-bond donors (Lipinski definition) is 1. The predicted molar refractivity (Wildman–Crippen MR) is 132 cm³/mol. The van der Waals surface area contributed by atoms with Crippen molar-refractivity contribution in [2.45, 2.75) is 25.7 Å². The number of anilines is 1. The first kappa shape index (κ1) is 24.6. The zero-order valence-electron chi connectivity index (χ0n) is 18.8. The van der Waals surface area contributed by atoms with Crippen molar-refractivity contribution in [3.63, 3.8) is 0 Å². The third-order valence-electron chi connectivity index (χ3n) is 5.25. The molecule has 0 saturated heterocycles. The SMILES string of the molecule is Cc1ccc(S(=O)(=O)N(CC(=O)NCCOc2ccc(Cl)cc2)c2cccc(C)c2C)cc1. The molecule has 33 heavy (non-hydrogen) atoms. The highest BCUT2D eigenvalue weighted by molar-refractivity contribution is 7.92. The Morgan fingerprint density at radius 3 is 2.30 bits per heavy atom. The molecule has 0 aromatic heterocycles. The molecule has 0 atom stereocenters. The van der Waals surface area contributed by atoms with E-state index < -0.39 is 15.9 Å². The molecular formula is C25H27ClN2O4S. The number of amides is 1. The number of sulfonamides is 1. The lowest BCUT2D eigenvalue weighted by Crippen LogP contribution is -2.42. The van der Waals surface area contributed by atoms with Crippen LogP contribution in [0.5, 0.6) is 5.75 Å². The van der Waals surface area contributed by atoms with Crippen LogP contribution in [0.4, 0.5) is 5.69 Å². The summed E-state index contributed by atoms with van der Waals surface area (Å²) >= 11 is 5.86. The van der Waals surface area contributed by atoms with Crippen LogP contribution in [-0.2, 0) is 14.8 Å². The maximum absolute atomic E-state index is 13.5. The number of rotatable bonds is 9. The number of ether oxygens (including phenoxy) is 1. The Kier molecular flexibility index (Phi) is 8.00. The Bertz CT molecular complexity index is 1210. The molecule has 0 aliphatic heterocycles. The van der Waals surface area contributed by atoms with Crippen LogP contribution in [0.2, 0.25) is 5.02 Å². The highest BCUT2D eigenvalue weighted by Gasteiger charge is 2.28. The summed E-state index contributed by atoms with van der Waals surface area (Å²) < 4.78 is 33.7. The standard InChI is InChI=1S/C25H27ClN2O4S/c1-18-7-13-23(14-8-18)33(30,31)28(24-6-4-5-19(2)20(24)3)17-25(29)27-15-16-32-22-11-9-21(26)10-12-22/h4-14H,15-17H2,1-3H3,(H,27,29). The molecule has 3 aromatic carbocycles. The van der Waals surface area contributed by atoms with Gasteiger partial charge in [0.1, 0.15) is 18.9 Å². The van der Waals surface area contributed by atoms with Crippen molar-refractivity contribution in [1.82, 2.24) is 5.32 Å². The smallest absolute Gasteiger partial charge is 0.264 e. The molecule has 0 fully saturated rings. The lowest BCUT2D eigenvalue weighted by Gasteiger charge is -2.26. The fourth-order valence-electron chi connectivity index (χ4n) is 3.22. The normalized spacial score (nSPS) is 11.2. The summed E-state index contributed by atoms with van der Waals surface area (Å²) in [5.74, 6) is 0.207. The Hall–Kier alpha value is -3.03. The van der Waals surface area contributed by atoms with Crippen molar-refractivity contribution in [1.29, 1.82) is 0 Å². The van der Waals surface area contributed by atoms with Gasteiger partial charge in [0.15, 0.2) is 0 Å². The van der Waals surface area contributed by atoms with Gasteiger partial charge in [-0.2, -0.15) is 0 Å². The van der Waals surface area contributed by atoms with Gasteiger partial charge in [-0.3, -0.25) is 9.10 Å². The van der Waals surface area contributed by atoms with E-state index in [9.17, 15) is 13.2 Å². The lowest BCUT2D eigenvalue weighted by molar-refractivity contribution is -0.119. The second-order valence-electron chi connectivity index (χ2n) is 7.70. The van der Waals surface area contributed by atoms with Gasteiger partial charge in [0.05, 0.1) is 17.1 Å². The van der Waals surface area contributed by atoms with E-state index in [0.29, 0.717) is 16.5 Å². The molecule has 0 heterocycles. The van der Waals surface area contributed by atoms with Gasteiger partial charge >= 0.3 is 0 Å². The van der Waals surface area contributed by atoms with Gasteiger partial charge in [-0.15, -0.1) is 0 Å². The minimum atomic E-state index is -3.95. The van der Waals surface area contributed by atoms with E-state index in [4.69, 9.17) is 16.3 Å². The minimum absolute atomic E-state index is 0.132. The van der Waals surface area contributed by atoms with Crippen LogP contribution in [-0.4, -0.2) is 34.0 Å². The van der Waals surface area contributed by atoms with E-state index in [1.165, 1.54) is 0 Å². The van der Waals surface area contributed by atoms with Crippen LogP contribution in [0, 0.1) is 20.8 Å². The summed E-state index contributed by atoms with van der Waals surface area (Å²) in [4.78, 5) is 12.9. The molecule has 1 amide bonds. The van der Waals surface area contributed by atoms with Crippen molar-refractivity contribution in [2.24, 2.45) is 0 Å². The van der Waals surface area contributed by atoms with Crippen molar-refractivity contribution in [2.75, 3.05) is 24.0 Å². The molecule has 0 radical (unpaired) electrons. The number of carbonyl (C=O) groups is 1. The Morgan fingerprint density at radius 1 is 0.970 bits per heavy atom. The molecule has 0 saturated carbocycles. The van der Waals surface area contributed by atoms with Crippen LogP contribution in [0.1, 0.15) is 16.7 Å². The summed E-state index contributed by atoms with van der Waals surface area (Å²) in [6, 6.07) is 18.9. The second kappa shape index (κ2) is 10.7. The topological polar surface area (TPSA) is 75.7 Å². The third kappa shape index (κ3) is 6.27. The Labute approximate surface area is 200 Å². The molecule has 0 unspecified atom stereocenters. The Balaban J connectivity index is 1.75. The fraction of sp³-hybridized carbons (Fsp3) is 0.240. The van der Waals surface area contributed by atoms with E-state index in [1.807, 2.05) is 26.8 Å². The van der Waals surface area contributed by atoms with Crippen molar-refractivity contribution >= 4 is 33.2 Å². The zero-order valence-corrected chi connectivity index (χ0v) is 20.4. The van der Waals surface area contributed by atoms with Gasteiger partial charge < -0.3 is 10.1 Å². The molecule has 0 bridgehead atoms. The lowest BCUT2D eigenvalue weighted by atomic mass is 10.1. The molecule has 1 N–H and O–H groups in total. The maximum Gasteiger partial charge on any atom is 0.264 e. The highest BCUT2D eigenvalue weighted by Crippen LogP contribution is 2.28. The number of halogens is 1. The summed E-state index contributed by atoms with van der Waals surface area (Å²) in [5, 5.41) is 3.34. The first-order valence-corrected chi connectivity index (χ1v) is 12.3.